The zero-order valence-corrected chi connectivity index (χ0v) is 27.3. The third-order valence-electron chi connectivity index (χ3n) is 9.16. The normalized spacial score (nSPS) is 12.0. The van der Waals surface area contributed by atoms with E-state index < -0.39 is 0 Å². The fourth-order valence-electron chi connectivity index (χ4n) is 6.69. The number of aryl methyl sites for hydroxylation is 2. The van der Waals surface area contributed by atoms with E-state index in [4.69, 9.17) is 11.5 Å². The number of hydrogen-bond acceptors (Lipinski definition) is 2. The van der Waals surface area contributed by atoms with E-state index in [0.717, 1.165) is 24.2 Å². The van der Waals surface area contributed by atoms with Crippen LogP contribution in [-0.4, -0.2) is 0 Å². The Bertz CT molecular complexity index is 1440. The van der Waals surface area contributed by atoms with Gasteiger partial charge in [-0.05, 0) is 93.1 Å². The SMILES string of the molecule is CCCCCCCCc1c(CCCCCCCC)c2c(-c3ccc(C(C)(C)C)cc3)c(N)ccc2c2ccc(N)cc12. The molecule has 42 heavy (non-hydrogen) atoms. The lowest BCUT2D eigenvalue weighted by Gasteiger charge is -2.23. The summed E-state index contributed by atoms with van der Waals surface area (Å²) in [6.45, 7) is 11.4. The molecule has 4 rings (SSSR count). The third-order valence-corrected chi connectivity index (χ3v) is 9.16. The number of benzene rings is 4. The molecule has 0 heterocycles. The lowest BCUT2D eigenvalue weighted by Crippen LogP contribution is -2.10. The smallest absolute Gasteiger partial charge is 0.0400 e. The predicted octanol–water partition coefficient (Wildman–Crippen LogP) is 11.9. The highest BCUT2D eigenvalue weighted by atomic mass is 14.6. The van der Waals surface area contributed by atoms with Crippen LogP contribution in [0.1, 0.15) is 128 Å². The van der Waals surface area contributed by atoms with Crippen molar-refractivity contribution in [1.29, 1.82) is 0 Å². The number of anilines is 2. The molecule has 0 spiro atoms. The molecule has 0 bridgehead atoms. The van der Waals surface area contributed by atoms with Crippen molar-refractivity contribution in [2.75, 3.05) is 11.5 Å². The minimum absolute atomic E-state index is 0.117. The van der Waals surface area contributed by atoms with Gasteiger partial charge in [0, 0.05) is 16.9 Å². The Balaban J connectivity index is 1.88. The first kappa shape index (κ1) is 31.9. The van der Waals surface area contributed by atoms with Gasteiger partial charge >= 0.3 is 0 Å². The largest absolute Gasteiger partial charge is 0.399 e. The van der Waals surface area contributed by atoms with E-state index in [1.165, 1.54) is 126 Å². The van der Waals surface area contributed by atoms with Gasteiger partial charge < -0.3 is 11.5 Å². The van der Waals surface area contributed by atoms with Crippen molar-refractivity contribution in [2.24, 2.45) is 0 Å². The maximum absolute atomic E-state index is 6.89. The topological polar surface area (TPSA) is 52.0 Å². The van der Waals surface area contributed by atoms with Gasteiger partial charge in [0.15, 0.2) is 0 Å². The number of nitrogen functional groups attached to an aromatic ring is 2. The van der Waals surface area contributed by atoms with Gasteiger partial charge in [-0.25, -0.2) is 0 Å². The van der Waals surface area contributed by atoms with Crippen LogP contribution >= 0.6 is 0 Å². The van der Waals surface area contributed by atoms with E-state index in [2.05, 4.69) is 89.2 Å². The van der Waals surface area contributed by atoms with Crippen LogP contribution in [0.2, 0.25) is 0 Å². The number of rotatable bonds is 15. The monoisotopic (exact) mass is 564 g/mol. The molecular formula is C40H56N2. The van der Waals surface area contributed by atoms with Crippen LogP contribution in [0.4, 0.5) is 11.4 Å². The average molecular weight is 565 g/mol. The molecule has 226 valence electrons. The molecule has 0 aliphatic rings. The summed E-state index contributed by atoms with van der Waals surface area (Å²) in [4.78, 5) is 0. The maximum atomic E-state index is 6.89. The van der Waals surface area contributed by atoms with E-state index >= 15 is 0 Å². The Labute approximate surface area is 256 Å². The molecule has 4 aromatic rings. The average Bonchev–Trinajstić information content (AvgIpc) is 2.96. The summed E-state index contributed by atoms with van der Waals surface area (Å²) in [6, 6.07) is 20.1. The molecule has 0 aliphatic heterocycles. The summed E-state index contributed by atoms with van der Waals surface area (Å²) < 4.78 is 0. The van der Waals surface area contributed by atoms with Crippen LogP contribution in [0.15, 0.2) is 54.6 Å². The van der Waals surface area contributed by atoms with E-state index in [0.29, 0.717) is 0 Å². The zero-order chi connectivity index (χ0) is 30.1. The van der Waals surface area contributed by atoms with Crippen LogP contribution in [0, 0.1) is 0 Å². The van der Waals surface area contributed by atoms with Gasteiger partial charge in [-0.2, -0.15) is 0 Å². The Kier molecular flexibility index (Phi) is 11.4. The molecular weight excluding hydrogens is 508 g/mol. The van der Waals surface area contributed by atoms with Gasteiger partial charge in [0.05, 0.1) is 0 Å². The molecule has 0 unspecified atom stereocenters. The molecule has 0 fully saturated rings. The first-order chi connectivity index (χ1) is 20.3. The quantitative estimate of drug-likeness (QED) is 0.0857. The Morgan fingerprint density at radius 2 is 1.10 bits per heavy atom. The number of unbranched alkanes of at least 4 members (excludes halogenated alkanes) is 10. The molecule has 0 saturated heterocycles. The van der Waals surface area contributed by atoms with Crippen molar-refractivity contribution < 1.29 is 0 Å². The standard InChI is InChI=1S/C40H56N2/c1-6-8-10-12-14-16-18-32-34(19-17-15-13-11-9-7-2)39-35(33-25-24-31(41)28-36(32)33)26-27-37(42)38(39)29-20-22-30(23-21-29)40(3,4)5/h20-28H,6-19,41-42H2,1-5H3. The minimum atomic E-state index is 0.117. The molecule has 0 saturated carbocycles. The Morgan fingerprint density at radius 3 is 1.69 bits per heavy atom. The fraction of sp³-hybridized carbons (Fsp3) is 0.500. The van der Waals surface area contributed by atoms with Crippen molar-refractivity contribution in [1.82, 2.24) is 0 Å². The van der Waals surface area contributed by atoms with Crippen molar-refractivity contribution >= 4 is 32.9 Å². The summed E-state index contributed by atoms with van der Waals surface area (Å²) in [5, 5.41) is 5.32. The van der Waals surface area contributed by atoms with E-state index in [1.807, 2.05) is 0 Å². The molecule has 0 atom stereocenters. The van der Waals surface area contributed by atoms with Gasteiger partial charge in [-0.3, -0.25) is 0 Å². The van der Waals surface area contributed by atoms with Crippen LogP contribution in [-0.2, 0) is 18.3 Å². The molecule has 4 aromatic carbocycles. The number of hydrogen-bond donors (Lipinski definition) is 2. The fourth-order valence-corrected chi connectivity index (χ4v) is 6.69. The van der Waals surface area contributed by atoms with Gasteiger partial charge in [-0.1, -0.05) is 135 Å². The summed E-state index contributed by atoms with van der Waals surface area (Å²) in [6.07, 6.45) is 17.8. The zero-order valence-electron chi connectivity index (χ0n) is 27.3. The van der Waals surface area contributed by atoms with Gasteiger partial charge in [0.2, 0.25) is 0 Å². The Morgan fingerprint density at radius 1 is 0.548 bits per heavy atom. The number of nitrogens with two attached hydrogens (primary N) is 2. The second-order valence-corrected chi connectivity index (χ2v) is 13.6. The third kappa shape index (κ3) is 7.68. The van der Waals surface area contributed by atoms with E-state index in [-0.39, 0.29) is 5.41 Å². The van der Waals surface area contributed by atoms with Gasteiger partial charge in [-0.15, -0.1) is 0 Å². The van der Waals surface area contributed by atoms with Gasteiger partial charge in [0.1, 0.15) is 0 Å². The highest BCUT2D eigenvalue weighted by molar-refractivity contribution is 6.17. The maximum Gasteiger partial charge on any atom is 0.0400 e. The first-order valence-electron chi connectivity index (χ1n) is 16.9. The Hall–Kier alpha value is -3.00. The molecule has 0 amide bonds. The lowest BCUT2D eigenvalue weighted by molar-refractivity contribution is 0.590. The molecule has 0 radical (unpaired) electrons. The summed E-state index contributed by atoms with van der Waals surface area (Å²) in [5.74, 6) is 0. The second kappa shape index (κ2) is 14.9. The van der Waals surface area contributed by atoms with Crippen molar-refractivity contribution in [2.45, 2.75) is 130 Å². The number of fused-ring (bicyclic) bond motifs is 3. The molecule has 0 aromatic heterocycles. The van der Waals surface area contributed by atoms with E-state index in [9.17, 15) is 0 Å². The van der Waals surface area contributed by atoms with Crippen molar-refractivity contribution in [3.8, 4) is 11.1 Å². The summed E-state index contributed by atoms with van der Waals surface area (Å²) >= 11 is 0. The lowest BCUT2D eigenvalue weighted by atomic mass is 9.82. The summed E-state index contributed by atoms with van der Waals surface area (Å²) in [5.41, 5.74) is 22.0. The molecule has 4 N–H and O–H groups in total. The van der Waals surface area contributed by atoms with Crippen molar-refractivity contribution in [3.63, 3.8) is 0 Å². The van der Waals surface area contributed by atoms with Crippen molar-refractivity contribution in [3.05, 3.63) is 71.3 Å². The molecule has 2 heteroatoms. The van der Waals surface area contributed by atoms with E-state index in [1.54, 1.807) is 0 Å². The van der Waals surface area contributed by atoms with Gasteiger partial charge in [0.25, 0.3) is 0 Å². The second-order valence-electron chi connectivity index (χ2n) is 13.6. The highest BCUT2D eigenvalue weighted by Crippen LogP contribution is 2.43. The van der Waals surface area contributed by atoms with Crippen LogP contribution < -0.4 is 11.5 Å². The first-order valence-corrected chi connectivity index (χ1v) is 16.9. The predicted molar refractivity (Wildman–Crippen MR) is 189 cm³/mol. The van der Waals surface area contributed by atoms with Crippen LogP contribution in [0.3, 0.4) is 0 Å². The molecule has 0 aliphatic carbocycles. The highest BCUT2D eigenvalue weighted by Gasteiger charge is 2.20. The molecule has 2 nitrogen and oxygen atoms in total. The minimum Gasteiger partial charge on any atom is -0.399 e. The summed E-state index contributed by atoms with van der Waals surface area (Å²) in [7, 11) is 0. The van der Waals surface area contributed by atoms with Crippen LogP contribution in [0.5, 0.6) is 0 Å². The van der Waals surface area contributed by atoms with Crippen LogP contribution in [0.25, 0.3) is 32.7 Å².